The Kier molecular flexibility index (Phi) is 4.17. The van der Waals surface area contributed by atoms with Crippen LogP contribution in [0.15, 0.2) is 0 Å². The number of aliphatic hydroxyl groups excluding tert-OH is 1. The minimum Gasteiger partial charge on any atom is -0.387 e. The highest BCUT2D eigenvalue weighted by atomic mass is 16.6. The zero-order valence-electron chi connectivity index (χ0n) is 9.77. The topological polar surface area (TPSA) is 47.9 Å². The molecule has 15 heavy (non-hydrogen) atoms. The molecule has 0 spiro atoms. The maximum Gasteiger partial charge on any atom is 0.121 e. The third kappa shape index (κ3) is 2.06. The fourth-order valence-corrected chi connectivity index (χ4v) is 2.10. The molecule has 0 amide bonds. The summed E-state index contributed by atoms with van der Waals surface area (Å²) in [5.74, 6) is 0.0960. The first-order valence-corrected chi connectivity index (χ1v) is 5.12. The quantitative estimate of drug-likeness (QED) is 0.665. The summed E-state index contributed by atoms with van der Waals surface area (Å²) in [7, 11) is 8.85. The molecule has 1 rings (SSSR count). The van der Waals surface area contributed by atoms with E-state index in [4.69, 9.17) is 22.1 Å². The van der Waals surface area contributed by atoms with Crippen molar-refractivity contribution in [3.63, 3.8) is 0 Å². The van der Waals surface area contributed by atoms with Crippen LogP contribution >= 0.6 is 0 Å². The van der Waals surface area contributed by atoms with E-state index in [-0.39, 0.29) is 5.92 Å². The van der Waals surface area contributed by atoms with Gasteiger partial charge in [-0.15, -0.1) is 0 Å². The fourth-order valence-electron chi connectivity index (χ4n) is 2.10. The minimum absolute atomic E-state index is 0.0960. The molecule has 86 valence electrons. The molecule has 0 aromatic carbocycles. The Hall–Kier alpha value is -0.0951. The van der Waals surface area contributed by atoms with Crippen LogP contribution in [0.2, 0.25) is 0 Å². The van der Waals surface area contributed by atoms with Crippen LogP contribution in [0.4, 0.5) is 0 Å². The zero-order chi connectivity index (χ0) is 11.6. The van der Waals surface area contributed by atoms with Gasteiger partial charge in [-0.3, -0.25) is 0 Å². The van der Waals surface area contributed by atoms with E-state index in [2.05, 4.69) is 0 Å². The van der Waals surface area contributed by atoms with E-state index in [1.165, 1.54) is 7.11 Å². The van der Waals surface area contributed by atoms with Gasteiger partial charge in [0.1, 0.15) is 25.7 Å². The Bertz CT molecular complexity index is 212. The van der Waals surface area contributed by atoms with Crippen LogP contribution in [0.25, 0.3) is 0 Å². The maximum absolute atomic E-state index is 10.2. The molecule has 1 aliphatic rings. The second-order valence-electron chi connectivity index (χ2n) is 4.27. The second-order valence-corrected chi connectivity index (χ2v) is 4.27. The average Bonchev–Trinajstić information content (AvgIpc) is 2.40. The summed E-state index contributed by atoms with van der Waals surface area (Å²) in [6, 6.07) is -0.609. The lowest BCUT2D eigenvalue weighted by atomic mass is 9.83. The number of ether oxygens (including phenoxy) is 3. The summed E-state index contributed by atoms with van der Waals surface area (Å²) in [4.78, 5) is 0. The molecule has 0 bridgehead atoms. The Labute approximate surface area is 92.3 Å². The van der Waals surface area contributed by atoms with E-state index in [1.54, 1.807) is 7.11 Å². The monoisotopic (exact) mass is 214 g/mol. The molecule has 0 aromatic rings. The van der Waals surface area contributed by atoms with Crippen molar-refractivity contribution < 1.29 is 19.3 Å². The molecule has 1 aliphatic heterocycles. The van der Waals surface area contributed by atoms with E-state index in [0.29, 0.717) is 6.61 Å². The highest BCUT2D eigenvalue weighted by molar-refractivity contribution is 6.11. The van der Waals surface area contributed by atoms with Crippen LogP contribution in [-0.4, -0.2) is 57.6 Å². The van der Waals surface area contributed by atoms with Crippen molar-refractivity contribution in [2.45, 2.75) is 37.7 Å². The highest BCUT2D eigenvalue weighted by Gasteiger charge is 2.54. The van der Waals surface area contributed by atoms with Crippen LogP contribution in [0.3, 0.4) is 0 Å². The summed E-state index contributed by atoms with van der Waals surface area (Å²) in [6.07, 6.45) is -1.26. The van der Waals surface area contributed by atoms with E-state index >= 15 is 0 Å². The standard InChI is InChI=1S/C10H19BO4/c1-6(2)10(5-13-3)8(12)7(14-4)9(11)15-10/h6-9,12H,5H2,1-4H3/t7-,8+,9-,10+/m1/s1. The van der Waals surface area contributed by atoms with Crippen molar-refractivity contribution in [1.82, 2.24) is 0 Å². The molecule has 0 aliphatic carbocycles. The molecule has 2 radical (unpaired) electrons. The van der Waals surface area contributed by atoms with Gasteiger partial charge in [-0.05, 0) is 5.92 Å². The van der Waals surface area contributed by atoms with Crippen molar-refractivity contribution in [2.75, 3.05) is 20.8 Å². The lowest BCUT2D eigenvalue weighted by Crippen LogP contribution is -2.51. The SMILES string of the molecule is [B][C@@H]1O[C@@](COC)(C(C)C)[C@@H](O)[C@H]1OC. The van der Waals surface area contributed by atoms with Gasteiger partial charge in [0.05, 0.1) is 6.61 Å². The first-order valence-electron chi connectivity index (χ1n) is 5.12. The Balaban J connectivity index is 2.91. The first-order chi connectivity index (χ1) is 6.99. The van der Waals surface area contributed by atoms with E-state index in [9.17, 15) is 5.11 Å². The number of methoxy groups -OCH3 is 2. The predicted octanol–water partition coefficient (Wildman–Crippen LogP) is -0.0717. The Morgan fingerprint density at radius 3 is 2.40 bits per heavy atom. The minimum atomic E-state index is -0.769. The average molecular weight is 214 g/mol. The molecule has 0 unspecified atom stereocenters. The van der Waals surface area contributed by atoms with Crippen molar-refractivity contribution in [2.24, 2.45) is 5.92 Å². The first kappa shape index (κ1) is 13.0. The van der Waals surface area contributed by atoms with Crippen molar-refractivity contribution in [3.05, 3.63) is 0 Å². The van der Waals surface area contributed by atoms with Crippen LogP contribution in [-0.2, 0) is 14.2 Å². The van der Waals surface area contributed by atoms with Gasteiger partial charge in [-0.25, -0.2) is 0 Å². The van der Waals surface area contributed by atoms with Crippen molar-refractivity contribution in [1.29, 1.82) is 0 Å². The number of hydrogen-bond acceptors (Lipinski definition) is 4. The molecule has 1 saturated heterocycles. The van der Waals surface area contributed by atoms with Gasteiger partial charge >= 0.3 is 0 Å². The largest absolute Gasteiger partial charge is 0.387 e. The van der Waals surface area contributed by atoms with Gasteiger partial charge < -0.3 is 19.3 Å². The number of hydrogen-bond donors (Lipinski definition) is 1. The number of rotatable bonds is 4. The lowest BCUT2D eigenvalue weighted by Gasteiger charge is -2.35. The van der Waals surface area contributed by atoms with E-state index in [1.807, 2.05) is 13.8 Å². The summed E-state index contributed by atoms with van der Waals surface area (Å²) in [6.45, 7) is 4.24. The molecule has 1 heterocycles. The summed E-state index contributed by atoms with van der Waals surface area (Å²) in [5.41, 5.74) is -0.769. The zero-order valence-corrected chi connectivity index (χ0v) is 9.77. The Morgan fingerprint density at radius 1 is 1.47 bits per heavy atom. The third-order valence-corrected chi connectivity index (χ3v) is 3.11. The van der Waals surface area contributed by atoms with Crippen LogP contribution < -0.4 is 0 Å². The normalized spacial score (nSPS) is 41.3. The molecule has 4 atom stereocenters. The summed E-state index contributed by atoms with van der Waals surface area (Å²) < 4.78 is 15.9. The van der Waals surface area contributed by atoms with Crippen molar-refractivity contribution >= 4 is 7.85 Å². The van der Waals surface area contributed by atoms with Gasteiger partial charge in [-0.2, -0.15) is 0 Å². The molecule has 4 nitrogen and oxygen atoms in total. The second kappa shape index (κ2) is 4.83. The smallest absolute Gasteiger partial charge is 0.121 e. The molecule has 5 heteroatoms. The maximum atomic E-state index is 10.2. The van der Waals surface area contributed by atoms with E-state index < -0.39 is 23.8 Å². The van der Waals surface area contributed by atoms with Gasteiger partial charge in [0.2, 0.25) is 0 Å². The molecular formula is C10H19BO4. The van der Waals surface area contributed by atoms with Gasteiger partial charge in [-0.1, -0.05) is 13.8 Å². The van der Waals surface area contributed by atoms with Crippen LogP contribution in [0, 0.1) is 5.92 Å². The van der Waals surface area contributed by atoms with Crippen molar-refractivity contribution in [3.8, 4) is 0 Å². The lowest BCUT2D eigenvalue weighted by molar-refractivity contribution is -0.135. The van der Waals surface area contributed by atoms with Gasteiger partial charge in [0, 0.05) is 20.2 Å². The molecule has 1 N–H and O–H groups in total. The molecule has 0 aromatic heterocycles. The van der Waals surface area contributed by atoms with Gasteiger partial charge in [0.25, 0.3) is 0 Å². The number of aliphatic hydroxyl groups is 1. The molecule has 1 fully saturated rings. The molecular weight excluding hydrogens is 195 g/mol. The van der Waals surface area contributed by atoms with Gasteiger partial charge in [0.15, 0.2) is 0 Å². The highest BCUT2D eigenvalue weighted by Crippen LogP contribution is 2.37. The molecule has 0 saturated carbocycles. The fraction of sp³-hybridized carbons (Fsp3) is 1.00. The predicted molar refractivity (Wildman–Crippen MR) is 56.9 cm³/mol. The Morgan fingerprint density at radius 2 is 2.07 bits per heavy atom. The third-order valence-electron chi connectivity index (χ3n) is 3.11. The summed E-state index contributed by atoms with van der Waals surface area (Å²) >= 11 is 0. The van der Waals surface area contributed by atoms with E-state index in [0.717, 1.165) is 0 Å². The van der Waals surface area contributed by atoms with Crippen LogP contribution in [0.5, 0.6) is 0 Å². The summed E-state index contributed by atoms with van der Waals surface area (Å²) in [5, 5.41) is 10.2. The van der Waals surface area contributed by atoms with Crippen LogP contribution in [0.1, 0.15) is 13.8 Å².